The van der Waals surface area contributed by atoms with E-state index in [9.17, 15) is 26.4 Å². The molecule has 2 N–H and O–H groups in total. The summed E-state index contributed by atoms with van der Waals surface area (Å²) in [6.07, 6.45) is 3.17. The molecule has 13 heteroatoms. The number of anilines is 1. The Bertz CT molecular complexity index is 1430. The van der Waals surface area contributed by atoms with E-state index in [-0.39, 0.29) is 45.6 Å². The van der Waals surface area contributed by atoms with E-state index in [4.69, 9.17) is 0 Å². The molecule has 3 atom stereocenters. The van der Waals surface area contributed by atoms with Crippen LogP contribution in [0.25, 0.3) is 0 Å². The summed E-state index contributed by atoms with van der Waals surface area (Å²) in [4.78, 5) is 28.6. The third kappa shape index (κ3) is 4.53. The highest BCUT2D eigenvalue weighted by molar-refractivity contribution is 7.91. The topological polar surface area (TPSA) is 142 Å². The second-order valence-electron chi connectivity index (χ2n) is 8.98. The normalized spacial score (nSPS) is 25.6. The summed E-state index contributed by atoms with van der Waals surface area (Å²) < 4.78 is 55.3. The average Bonchev–Trinajstić information content (AvgIpc) is 3.43. The van der Waals surface area contributed by atoms with Gasteiger partial charge in [0.1, 0.15) is 15.7 Å². The molecule has 2 fully saturated rings. The fourth-order valence-corrected chi connectivity index (χ4v) is 8.12. The summed E-state index contributed by atoms with van der Waals surface area (Å²) in [5.74, 6) is -2.65. The van der Waals surface area contributed by atoms with Crippen molar-refractivity contribution in [3.05, 3.63) is 46.8 Å². The second kappa shape index (κ2) is 8.80. The molecular formula is C22H24N4O6S3. The molecule has 0 bridgehead atoms. The van der Waals surface area contributed by atoms with Crippen LogP contribution in [0, 0.1) is 11.8 Å². The van der Waals surface area contributed by atoms with Gasteiger partial charge in [-0.3, -0.25) is 9.59 Å². The van der Waals surface area contributed by atoms with Crippen molar-refractivity contribution in [2.45, 2.75) is 43.3 Å². The van der Waals surface area contributed by atoms with Crippen LogP contribution in [0.1, 0.15) is 30.4 Å². The first-order valence-corrected chi connectivity index (χ1v) is 15.3. The zero-order valence-corrected chi connectivity index (χ0v) is 21.2. The van der Waals surface area contributed by atoms with Crippen molar-refractivity contribution < 1.29 is 26.4 Å². The number of fused-ring (bicyclic) bond motifs is 2. The van der Waals surface area contributed by atoms with Crippen LogP contribution >= 0.6 is 11.3 Å². The number of nitrogens with zero attached hydrogens (tertiary/aromatic N) is 2. The van der Waals surface area contributed by atoms with Gasteiger partial charge in [0.05, 0.1) is 6.26 Å². The van der Waals surface area contributed by atoms with Crippen molar-refractivity contribution >= 4 is 53.9 Å². The zero-order valence-electron chi connectivity index (χ0n) is 18.8. The lowest BCUT2D eigenvalue weighted by Gasteiger charge is -2.41. The highest BCUT2D eigenvalue weighted by Crippen LogP contribution is 2.42. The summed E-state index contributed by atoms with van der Waals surface area (Å²) in [5.41, 5.74) is 1.17. The monoisotopic (exact) mass is 536 g/mol. The lowest BCUT2D eigenvalue weighted by molar-refractivity contribution is -0.149. The van der Waals surface area contributed by atoms with Crippen molar-refractivity contribution in [1.82, 2.24) is 9.62 Å². The molecule has 1 aromatic carbocycles. The summed E-state index contributed by atoms with van der Waals surface area (Å²) in [5, 5.41) is 4.64. The Balaban J connectivity index is 1.48. The van der Waals surface area contributed by atoms with Crippen LogP contribution in [0.2, 0.25) is 0 Å². The number of amidine groups is 1. The van der Waals surface area contributed by atoms with Gasteiger partial charge in [0, 0.05) is 30.6 Å². The summed E-state index contributed by atoms with van der Waals surface area (Å²) in [6.45, 7) is 0.114. The standard InChI is InChI=1S/C22H24N4O6S3/c1-34(29,30)23-10-14-12-33-21-19(14)35(31,32)25-20(24-21)17-18(27)15-8-5-9-16(15)26(22(17)28)11-13-6-3-2-4-7-13/h2-4,6-7,12,15-17,23H,5,8-11H2,1H3,(H,24,25). The van der Waals surface area contributed by atoms with Crippen LogP contribution < -0.4 is 10.0 Å². The highest BCUT2D eigenvalue weighted by atomic mass is 32.2. The molecule has 3 unspecified atom stereocenters. The number of Topliss-reactive ketones (excluding diaryl/α,β-unsaturated/α-hetero) is 1. The average molecular weight is 537 g/mol. The summed E-state index contributed by atoms with van der Waals surface area (Å²) in [7, 11) is -7.80. The van der Waals surface area contributed by atoms with E-state index in [2.05, 4.69) is 14.4 Å². The Labute approximate surface area is 207 Å². The Hall–Kier alpha value is -2.61. The van der Waals surface area contributed by atoms with Crippen LogP contribution in [0.15, 0.2) is 45.0 Å². The summed E-state index contributed by atoms with van der Waals surface area (Å²) >= 11 is 1.06. The maximum Gasteiger partial charge on any atom is 0.287 e. The van der Waals surface area contributed by atoms with Gasteiger partial charge in [0.15, 0.2) is 11.7 Å². The molecule has 186 valence electrons. The van der Waals surface area contributed by atoms with Gasteiger partial charge in [-0.2, -0.15) is 8.42 Å². The van der Waals surface area contributed by atoms with E-state index in [0.29, 0.717) is 13.0 Å². The fourth-order valence-electron chi connectivity index (χ4n) is 5.06. The van der Waals surface area contributed by atoms with E-state index >= 15 is 0 Å². The van der Waals surface area contributed by atoms with Crippen LogP contribution in [-0.4, -0.2) is 51.6 Å². The van der Waals surface area contributed by atoms with Crippen molar-refractivity contribution in [3.63, 3.8) is 0 Å². The molecule has 3 heterocycles. The Morgan fingerprint density at radius 1 is 1.20 bits per heavy atom. The molecule has 5 rings (SSSR count). The molecule has 10 nitrogen and oxygen atoms in total. The minimum atomic E-state index is -4.26. The van der Waals surface area contributed by atoms with Crippen molar-refractivity contribution in [2.75, 3.05) is 11.6 Å². The smallest absolute Gasteiger partial charge is 0.287 e. The number of benzene rings is 1. The molecule has 1 saturated heterocycles. The number of hydrogen-bond acceptors (Lipinski definition) is 8. The van der Waals surface area contributed by atoms with Crippen LogP contribution in [0.4, 0.5) is 5.00 Å². The van der Waals surface area contributed by atoms with Gasteiger partial charge in [0.2, 0.25) is 15.9 Å². The molecule has 1 aromatic heterocycles. The van der Waals surface area contributed by atoms with Gasteiger partial charge in [-0.1, -0.05) is 36.8 Å². The molecule has 2 aliphatic heterocycles. The van der Waals surface area contributed by atoms with Crippen LogP contribution in [-0.2, 0) is 42.7 Å². The fraction of sp³-hybridized carbons (Fsp3) is 0.409. The number of thiophene rings is 1. The zero-order chi connectivity index (χ0) is 25.0. The molecule has 35 heavy (non-hydrogen) atoms. The SMILES string of the molecule is CS(=O)(=O)NCc1csc2c1S(=O)(=O)N=C(C1C(=O)C3CCCC3N(Cc3ccccc3)C1=O)N2. The number of carbonyl (C=O) groups excluding carboxylic acids is 2. The second-order valence-corrected chi connectivity index (χ2v) is 13.2. The minimum Gasteiger partial charge on any atom is -0.334 e. The van der Waals surface area contributed by atoms with Crippen molar-refractivity contribution in [2.24, 2.45) is 16.2 Å². The number of nitrogens with one attached hydrogen (secondary N) is 2. The number of carbonyl (C=O) groups is 2. The first-order valence-electron chi connectivity index (χ1n) is 11.1. The number of amides is 1. The predicted molar refractivity (Wildman–Crippen MR) is 131 cm³/mol. The quantitative estimate of drug-likeness (QED) is 0.535. The van der Waals surface area contributed by atoms with E-state index < -0.39 is 31.9 Å². The van der Waals surface area contributed by atoms with Gasteiger partial charge in [-0.25, -0.2) is 13.1 Å². The molecule has 0 radical (unpaired) electrons. The Morgan fingerprint density at radius 3 is 2.66 bits per heavy atom. The van der Waals surface area contributed by atoms with Gasteiger partial charge < -0.3 is 10.2 Å². The lowest BCUT2D eigenvalue weighted by atomic mass is 9.81. The molecule has 3 aliphatic rings. The van der Waals surface area contributed by atoms with Crippen LogP contribution in [0.5, 0.6) is 0 Å². The van der Waals surface area contributed by atoms with Crippen molar-refractivity contribution in [1.29, 1.82) is 0 Å². The third-order valence-corrected chi connectivity index (χ3v) is 9.75. The van der Waals surface area contributed by atoms with Gasteiger partial charge in [0.25, 0.3) is 10.0 Å². The third-order valence-electron chi connectivity index (χ3n) is 6.59. The maximum absolute atomic E-state index is 13.6. The number of hydrogen-bond donors (Lipinski definition) is 2. The van der Waals surface area contributed by atoms with E-state index in [0.717, 1.165) is 36.0 Å². The molecule has 1 saturated carbocycles. The Morgan fingerprint density at radius 2 is 1.94 bits per heavy atom. The van der Waals surface area contributed by atoms with Crippen LogP contribution in [0.3, 0.4) is 0 Å². The number of piperidine rings is 1. The van der Waals surface area contributed by atoms with E-state index in [1.54, 1.807) is 4.90 Å². The largest absolute Gasteiger partial charge is 0.334 e. The van der Waals surface area contributed by atoms with Gasteiger partial charge in [-0.15, -0.1) is 15.7 Å². The van der Waals surface area contributed by atoms with Crippen molar-refractivity contribution in [3.8, 4) is 0 Å². The molecule has 0 spiro atoms. The van der Waals surface area contributed by atoms with Gasteiger partial charge in [-0.05, 0) is 23.8 Å². The lowest BCUT2D eigenvalue weighted by Crippen LogP contribution is -2.58. The van der Waals surface area contributed by atoms with E-state index in [1.165, 1.54) is 5.38 Å². The van der Waals surface area contributed by atoms with E-state index in [1.807, 2.05) is 30.3 Å². The predicted octanol–water partition coefficient (Wildman–Crippen LogP) is 1.71. The Kier molecular flexibility index (Phi) is 6.06. The summed E-state index contributed by atoms with van der Waals surface area (Å²) in [6, 6.07) is 9.26. The maximum atomic E-state index is 13.6. The molecule has 2 aromatic rings. The number of ketones is 1. The first-order chi connectivity index (χ1) is 16.5. The number of rotatable bonds is 6. The van der Waals surface area contributed by atoms with Gasteiger partial charge >= 0.3 is 0 Å². The highest BCUT2D eigenvalue weighted by Gasteiger charge is 2.52. The number of likely N-dealkylation sites (tertiary alicyclic amines) is 1. The first kappa shape index (κ1) is 24.1. The molecular weight excluding hydrogens is 512 g/mol. The number of sulfonamides is 2. The molecule has 1 amide bonds. The minimum absolute atomic E-state index is 0.141. The molecule has 1 aliphatic carbocycles.